The predicted molar refractivity (Wildman–Crippen MR) is 90.1 cm³/mol. The van der Waals surface area contributed by atoms with Crippen LogP contribution in [-0.4, -0.2) is 52.8 Å². The Morgan fingerprint density at radius 3 is 2.88 bits per heavy atom. The number of likely N-dealkylation sites (tertiary alicyclic amines) is 1. The van der Waals surface area contributed by atoms with Crippen molar-refractivity contribution in [3.8, 4) is 11.6 Å². The molecule has 9 nitrogen and oxygen atoms in total. The van der Waals surface area contributed by atoms with Crippen LogP contribution >= 0.6 is 0 Å². The van der Waals surface area contributed by atoms with E-state index in [2.05, 4.69) is 15.5 Å². The average molecular weight is 362 g/mol. The molecule has 0 spiro atoms. The molecule has 0 atom stereocenters. The number of rotatable bonds is 6. The molecule has 1 aliphatic heterocycles. The van der Waals surface area contributed by atoms with E-state index in [1.54, 1.807) is 24.0 Å². The van der Waals surface area contributed by atoms with Crippen molar-refractivity contribution in [1.82, 2.24) is 20.4 Å². The van der Waals surface area contributed by atoms with Gasteiger partial charge >= 0.3 is 6.09 Å². The van der Waals surface area contributed by atoms with E-state index in [4.69, 9.17) is 13.7 Å². The number of hydrogen-bond donors (Lipinski definition) is 1. The summed E-state index contributed by atoms with van der Waals surface area (Å²) in [5, 5.41) is 6.82. The second kappa shape index (κ2) is 8.50. The van der Waals surface area contributed by atoms with Crippen LogP contribution in [0.25, 0.3) is 11.6 Å². The van der Waals surface area contributed by atoms with Crippen LogP contribution in [0.5, 0.6) is 0 Å². The molecule has 140 valence electrons. The van der Waals surface area contributed by atoms with Crippen LogP contribution in [0.3, 0.4) is 0 Å². The van der Waals surface area contributed by atoms with Gasteiger partial charge in [0.05, 0.1) is 12.9 Å². The molecule has 2 amide bonds. The zero-order valence-corrected chi connectivity index (χ0v) is 14.6. The van der Waals surface area contributed by atoms with E-state index in [-0.39, 0.29) is 24.5 Å². The van der Waals surface area contributed by atoms with Crippen LogP contribution in [0.15, 0.2) is 27.3 Å². The lowest BCUT2D eigenvalue weighted by atomic mass is 10.1. The van der Waals surface area contributed by atoms with E-state index >= 15 is 0 Å². The van der Waals surface area contributed by atoms with Crippen molar-refractivity contribution < 1.29 is 23.3 Å². The Bertz CT molecular complexity index is 719. The van der Waals surface area contributed by atoms with Gasteiger partial charge in [0.25, 0.3) is 0 Å². The quantitative estimate of drug-likeness (QED) is 0.836. The van der Waals surface area contributed by atoms with Gasteiger partial charge in [-0.3, -0.25) is 4.79 Å². The van der Waals surface area contributed by atoms with Gasteiger partial charge in [0.15, 0.2) is 5.76 Å². The Morgan fingerprint density at radius 1 is 1.38 bits per heavy atom. The highest BCUT2D eigenvalue weighted by molar-refractivity contribution is 5.76. The molecule has 0 saturated carbocycles. The number of furan rings is 1. The fourth-order valence-corrected chi connectivity index (χ4v) is 2.80. The second-order valence-corrected chi connectivity index (χ2v) is 6.02. The topological polar surface area (TPSA) is 111 Å². The maximum atomic E-state index is 12.1. The summed E-state index contributed by atoms with van der Waals surface area (Å²) in [4.78, 5) is 29.6. The molecule has 26 heavy (non-hydrogen) atoms. The Kier molecular flexibility index (Phi) is 5.88. The van der Waals surface area contributed by atoms with Gasteiger partial charge in [0, 0.05) is 32.0 Å². The molecule has 1 N–H and O–H groups in total. The van der Waals surface area contributed by atoms with Crippen LogP contribution in [-0.2, 0) is 16.0 Å². The summed E-state index contributed by atoms with van der Waals surface area (Å²) in [7, 11) is 0. The minimum atomic E-state index is -0.291. The smallest absolute Gasteiger partial charge is 0.409 e. The van der Waals surface area contributed by atoms with Gasteiger partial charge in [0.2, 0.25) is 17.6 Å². The summed E-state index contributed by atoms with van der Waals surface area (Å²) >= 11 is 0. The van der Waals surface area contributed by atoms with Gasteiger partial charge in [-0.2, -0.15) is 4.98 Å². The monoisotopic (exact) mass is 362 g/mol. The lowest BCUT2D eigenvalue weighted by molar-refractivity contribution is -0.122. The van der Waals surface area contributed by atoms with Crippen molar-refractivity contribution in [2.45, 2.75) is 38.6 Å². The number of amides is 2. The van der Waals surface area contributed by atoms with Gasteiger partial charge in [0.1, 0.15) is 0 Å². The Labute approximate surface area is 150 Å². The van der Waals surface area contributed by atoms with Crippen molar-refractivity contribution in [1.29, 1.82) is 0 Å². The van der Waals surface area contributed by atoms with Crippen molar-refractivity contribution >= 4 is 12.0 Å². The van der Waals surface area contributed by atoms with Crippen LogP contribution in [0.2, 0.25) is 0 Å². The van der Waals surface area contributed by atoms with Gasteiger partial charge in [-0.15, -0.1) is 0 Å². The summed E-state index contributed by atoms with van der Waals surface area (Å²) in [5.41, 5.74) is 0. The van der Waals surface area contributed by atoms with Crippen LogP contribution in [0.1, 0.15) is 32.1 Å². The molecule has 0 bridgehead atoms. The molecule has 9 heteroatoms. The third-order valence-electron chi connectivity index (χ3n) is 4.16. The number of carbonyl (C=O) groups is 2. The molecule has 1 saturated heterocycles. The van der Waals surface area contributed by atoms with Gasteiger partial charge in [-0.25, -0.2) is 4.79 Å². The Balaban J connectivity index is 1.39. The zero-order valence-electron chi connectivity index (χ0n) is 14.6. The fraction of sp³-hybridized carbons (Fsp3) is 0.529. The molecule has 1 fully saturated rings. The maximum Gasteiger partial charge on any atom is 0.409 e. The van der Waals surface area contributed by atoms with E-state index in [0.717, 1.165) is 0 Å². The molecule has 2 aromatic rings. The molecule has 0 aromatic carbocycles. The number of aryl methyl sites for hydroxylation is 1. The minimum Gasteiger partial charge on any atom is -0.461 e. The van der Waals surface area contributed by atoms with E-state index in [1.165, 1.54) is 6.26 Å². The summed E-state index contributed by atoms with van der Waals surface area (Å²) in [6, 6.07) is 3.55. The van der Waals surface area contributed by atoms with Crippen molar-refractivity contribution in [3.05, 3.63) is 24.3 Å². The number of nitrogens with one attached hydrogen (secondary N) is 1. The van der Waals surface area contributed by atoms with Crippen molar-refractivity contribution in [2.24, 2.45) is 0 Å². The first-order valence-corrected chi connectivity index (χ1v) is 8.73. The molecule has 0 radical (unpaired) electrons. The largest absolute Gasteiger partial charge is 0.461 e. The fourth-order valence-electron chi connectivity index (χ4n) is 2.80. The zero-order chi connectivity index (χ0) is 18.4. The molecule has 3 heterocycles. The number of hydrogen-bond acceptors (Lipinski definition) is 7. The first-order chi connectivity index (χ1) is 12.7. The minimum absolute atomic E-state index is 0.0644. The summed E-state index contributed by atoms with van der Waals surface area (Å²) in [5.74, 6) is 1.22. The van der Waals surface area contributed by atoms with E-state index in [9.17, 15) is 9.59 Å². The first kappa shape index (κ1) is 18.0. The summed E-state index contributed by atoms with van der Waals surface area (Å²) in [6.45, 7) is 3.32. The van der Waals surface area contributed by atoms with Gasteiger partial charge < -0.3 is 23.9 Å². The molecular formula is C17H22N4O5. The summed E-state index contributed by atoms with van der Waals surface area (Å²) in [6.07, 6.45) is 3.30. The third kappa shape index (κ3) is 4.62. The number of carbonyl (C=O) groups excluding carboxylic acids is 2. The molecule has 0 aliphatic carbocycles. The first-order valence-electron chi connectivity index (χ1n) is 8.73. The SMILES string of the molecule is CCOC(=O)N1CCC(NC(=O)CCc2nc(-c3ccco3)no2)CC1. The van der Waals surface area contributed by atoms with E-state index in [0.29, 0.717) is 56.4 Å². The summed E-state index contributed by atoms with van der Waals surface area (Å²) < 4.78 is 15.3. The van der Waals surface area contributed by atoms with Crippen LogP contribution in [0.4, 0.5) is 4.79 Å². The second-order valence-electron chi connectivity index (χ2n) is 6.02. The normalized spacial score (nSPS) is 15.0. The highest BCUT2D eigenvalue weighted by Gasteiger charge is 2.24. The predicted octanol–water partition coefficient (Wildman–Crippen LogP) is 2.00. The maximum absolute atomic E-state index is 12.1. The molecule has 0 unspecified atom stereocenters. The number of nitrogens with zero attached hydrogens (tertiary/aromatic N) is 3. The molecule has 3 rings (SSSR count). The van der Waals surface area contributed by atoms with Gasteiger partial charge in [-0.1, -0.05) is 5.16 Å². The molecule has 1 aliphatic rings. The average Bonchev–Trinajstić information content (AvgIpc) is 3.32. The van der Waals surface area contributed by atoms with E-state index < -0.39 is 0 Å². The van der Waals surface area contributed by atoms with E-state index in [1.807, 2.05) is 0 Å². The Hall–Kier alpha value is -2.84. The molecule has 2 aromatic heterocycles. The lowest BCUT2D eigenvalue weighted by Crippen LogP contribution is -2.46. The molecular weight excluding hydrogens is 340 g/mol. The van der Waals surface area contributed by atoms with Crippen LogP contribution < -0.4 is 5.32 Å². The van der Waals surface area contributed by atoms with Crippen molar-refractivity contribution in [3.63, 3.8) is 0 Å². The Morgan fingerprint density at radius 2 is 2.19 bits per heavy atom. The third-order valence-corrected chi connectivity index (χ3v) is 4.16. The lowest BCUT2D eigenvalue weighted by Gasteiger charge is -2.31. The standard InChI is InChI=1S/C17H22N4O5/c1-2-24-17(23)21-9-7-12(8-10-21)18-14(22)5-6-15-19-16(20-26-15)13-4-3-11-25-13/h3-4,11-12H,2,5-10H2,1H3,(H,18,22). The van der Waals surface area contributed by atoms with Crippen molar-refractivity contribution in [2.75, 3.05) is 19.7 Å². The number of aromatic nitrogens is 2. The van der Waals surface area contributed by atoms with Gasteiger partial charge in [-0.05, 0) is 31.9 Å². The highest BCUT2D eigenvalue weighted by atomic mass is 16.6. The highest BCUT2D eigenvalue weighted by Crippen LogP contribution is 2.16. The number of piperidine rings is 1. The van der Waals surface area contributed by atoms with Crippen LogP contribution in [0, 0.1) is 0 Å². The number of ether oxygens (including phenoxy) is 1.